The maximum atomic E-state index is 13.9. The zero-order chi connectivity index (χ0) is 16.9. The number of ether oxygens (including phenoxy) is 1. The topological polar surface area (TPSA) is 53.6 Å². The molecule has 1 saturated carbocycles. The molecule has 24 heavy (non-hydrogen) atoms. The quantitative estimate of drug-likeness (QED) is 0.881. The van der Waals surface area contributed by atoms with Crippen LogP contribution < -0.4 is 15.4 Å². The number of carbonyl (C=O) groups is 1. The molecule has 0 radical (unpaired) electrons. The normalized spacial score (nSPS) is 25.2. The molecule has 1 aromatic rings. The molecule has 1 saturated heterocycles. The minimum absolute atomic E-state index is 0.0542. The predicted molar refractivity (Wildman–Crippen MR) is 90.9 cm³/mol. The standard InChI is InChI=1S/C18H26FN3O2/c1-24-15-6-7-17(19)16(12-15)18(23)21-13-2-4-14(5-3-13)22-10-8-20-9-11-22/h6-7,12-14,20H,2-5,8-11H2,1H3,(H,21,23). The minimum atomic E-state index is -0.511. The maximum Gasteiger partial charge on any atom is 0.254 e. The van der Waals surface area contributed by atoms with Crippen LogP contribution in [0.5, 0.6) is 5.75 Å². The summed E-state index contributed by atoms with van der Waals surface area (Å²) in [5.74, 6) is -0.371. The lowest BCUT2D eigenvalue weighted by atomic mass is 9.89. The fourth-order valence-electron chi connectivity index (χ4n) is 3.70. The molecule has 1 aliphatic carbocycles. The van der Waals surface area contributed by atoms with E-state index in [9.17, 15) is 9.18 Å². The lowest BCUT2D eigenvalue weighted by Gasteiger charge is -2.39. The van der Waals surface area contributed by atoms with Crippen molar-refractivity contribution in [3.8, 4) is 5.75 Å². The highest BCUT2D eigenvalue weighted by molar-refractivity contribution is 5.95. The van der Waals surface area contributed by atoms with Crippen molar-refractivity contribution in [1.82, 2.24) is 15.5 Å². The Labute approximate surface area is 142 Å². The molecule has 1 heterocycles. The second-order valence-electron chi connectivity index (χ2n) is 6.61. The van der Waals surface area contributed by atoms with Crippen LogP contribution in [-0.2, 0) is 0 Å². The first kappa shape index (κ1) is 17.2. The Bertz CT molecular complexity index is 567. The molecule has 0 unspecified atom stereocenters. The van der Waals surface area contributed by atoms with Crippen molar-refractivity contribution < 1.29 is 13.9 Å². The van der Waals surface area contributed by atoms with E-state index < -0.39 is 5.82 Å². The number of nitrogens with zero attached hydrogens (tertiary/aromatic N) is 1. The maximum absolute atomic E-state index is 13.9. The number of methoxy groups -OCH3 is 1. The van der Waals surface area contributed by atoms with Gasteiger partial charge in [-0.05, 0) is 43.9 Å². The van der Waals surface area contributed by atoms with Gasteiger partial charge in [-0.15, -0.1) is 0 Å². The fraction of sp³-hybridized carbons (Fsp3) is 0.611. The van der Waals surface area contributed by atoms with Crippen LogP contribution in [0, 0.1) is 5.82 Å². The van der Waals surface area contributed by atoms with Gasteiger partial charge >= 0.3 is 0 Å². The first-order chi connectivity index (χ1) is 11.7. The molecule has 132 valence electrons. The Hall–Kier alpha value is -1.66. The Kier molecular flexibility index (Phi) is 5.68. The number of piperazine rings is 1. The van der Waals surface area contributed by atoms with Crippen molar-refractivity contribution >= 4 is 5.91 Å². The molecular formula is C18H26FN3O2. The second kappa shape index (κ2) is 7.94. The lowest BCUT2D eigenvalue weighted by Crippen LogP contribution is -2.50. The number of benzene rings is 1. The molecule has 0 atom stereocenters. The highest BCUT2D eigenvalue weighted by atomic mass is 19.1. The third kappa shape index (κ3) is 4.05. The van der Waals surface area contributed by atoms with E-state index in [-0.39, 0.29) is 17.5 Å². The third-order valence-electron chi connectivity index (χ3n) is 5.12. The molecule has 0 spiro atoms. The van der Waals surface area contributed by atoms with Crippen LogP contribution >= 0.6 is 0 Å². The van der Waals surface area contributed by atoms with Gasteiger partial charge in [0.2, 0.25) is 0 Å². The number of hydrogen-bond acceptors (Lipinski definition) is 4. The minimum Gasteiger partial charge on any atom is -0.497 e. The zero-order valence-corrected chi connectivity index (χ0v) is 14.2. The van der Waals surface area contributed by atoms with E-state index in [1.807, 2.05) is 0 Å². The van der Waals surface area contributed by atoms with Gasteiger partial charge in [0, 0.05) is 38.3 Å². The Morgan fingerprint density at radius 3 is 2.62 bits per heavy atom. The SMILES string of the molecule is COc1ccc(F)c(C(=O)NC2CCC(N3CCNCC3)CC2)c1. The van der Waals surface area contributed by atoms with Crippen LogP contribution in [0.3, 0.4) is 0 Å². The molecule has 2 aliphatic rings. The summed E-state index contributed by atoms with van der Waals surface area (Å²) in [7, 11) is 1.51. The molecule has 6 heteroatoms. The zero-order valence-electron chi connectivity index (χ0n) is 14.2. The van der Waals surface area contributed by atoms with Gasteiger partial charge in [0.15, 0.2) is 0 Å². The predicted octanol–water partition coefficient (Wildman–Crippen LogP) is 1.78. The third-order valence-corrected chi connectivity index (χ3v) is 5.12. The highest BCUT2D eigenvalue weighted by Gasteiger charge is 2.28. The van der Waals surface area contributed by atoms with Crippen molar-refractivity contribution in [1.29, 1.82) is 0 Å². The number of nitrogens with one attached hydrogen (secondary N) is 2. The summed E-state index contributed by atoms with van der Waals surface area (Å²) in [5.41, 5.74) is 0.0542. The van der Waals surface area contributed by atoms with E-state index in [1.54, 1.807) is 0 Å². The summed E-state index contributed by atoms with van der Waals surface area (Å²) in [6.07, 6.45) is 4.08. The summed E-state index contributed by atoms with van der Waals surface area (Å²) in [5, 5.41) is 6.36. The average Bonchev–Trinajstić information content (AvgIpc) is 2.63. The molecule has 2 fully saturated rings. The van der Waals surface area contributed by atoms with Gasteiger partial charge in [0.1, 0.15) is 11.6 Å². The van der Waals surface area contributed by atoms with Crippen LogP contribution in [0.15, 0.2) is 18.2 Å². The first-order valence-corrected chi connectivity index (χ1v) is 8.76. The van der Waals surface area contributed by atoms with E-state index in [0.29, 0.717) is 11.8 Å². The Morgan fingerprint density at radius 1 is 1.25 bits per heavy atom. The van der Waals surface area contributed by atoms with E-state index in [1.165, 1.54) is 25.3 Å². The highest BCUT2D eigenvalue weighted by Crippen LogP contribution is 2.24. The molecule has 5 nitrogen and oxygen atoms in total. The van der Waals surface area contributed by atoms with Gasteiger partial charge in [0.25, 0.3) is 5.91 Å². The van der Waals surface area contributed by atoms with Crippen LogP contribution in [0.1, 0.15) is 36.0 Å². The molecule has 1 aromatic carbocycles. The van der Waals surface area contributed by atoms with Gasteiger partial charge in [-0.1, -0.05) is 0 Å². The molecule has 1 amide bonds. The van der Waals surface area contributed by atoms with Crippen LogP contribution in [0.25, 0.3) is 0 Å². The number of amides is 1. The summed E-state index contributed by atoms with van der Waals surface area (Å²) in [6, 6.07) is 4.99. The van der Waals surface area contributed by atoms with Gasteiger partial charge < -0.3 is 15.4 Å². The van der Waals surface area contributed by atoms with Crippen molar-refractivity contribution in [3.05, 3.63) is 29.6 Å². The van der Waals surface area contributed by atoms with Crippen LogP contribution in [0.2, 0.25) is 0 Å². The van der Waals surface area contributed by atoms with Crippen molar-refractivity contribution in [3.63, 3.8) is 0 Å². The number of carbonyl (C=O) groups excluding carboxylic acids is 1. The summed E-state index contributed by atoms with van der Waals surface area (Å²) in [4.78, 5) is 14.9. The van der Waals surface area contributed by atoms with E-state index in [4.69, 9.17) is 4.74 Å². The molecule has 1 aliphatic heterocycles. The summed E-state index contributed by atoms with van der Waals surface area (Å²) >= 11 is 0. The smallest absolute Gasteiger partial charge is 0.254 e. The fourth-order valence-corrected chi connectivity index (χ4v) is 3.70. The van der Waals surface area contributed by atoms with Crippen molar-refractivity contribution in [2.75, 3.05) is 33.3 Å². The van der Waals surface area contributed by atoms with E-state index in [0.717, 1.165) is 51.9 Å². The monoisotopic (exact) mass is 335 g/mol. The van der Waals surface area contributed by atoms with Crippen LogP contribution in [0.4, 0.5) is 4.39 Å². The van der Waals surface area contributed by atoms with E-state index in [2.05, 4.69) is 15.5 Å². The van der Waals surface area contributed by atoms with Crippen molar-refractivity contribution in [2.24, 2.45) is 0 Å². The van der Waals surface area contributed by atoms with Gasteiger partial charge in [0.05, 0.1) is 12.7 Å². The largest absolute Gasteiger partial charge is 0.497 e. The van der Waals surface area contributed by atoms with E-state index >= 15 is 0 Å². The van der Waals surface area contributed by atoms with Gasteiger partial charge in [-0.2, -0.15) is 0 Å². The second-order valence-corrected chi connectivity index (χ2v) is 6.61. The summed E-state index contributed by atoms with van der Waals surface area (Å²) < 4.78 is 19.0. The molecular weight excluding hydrogens is 309 g/mol. The first-order valence-electron chi connectivity index (χ1n) is 8.76. The van der Waals surface area contributed by atoms with Gasteiger partial charge in [-0.25, -0.2) is 4.39 Å². The molecule has 0 aromatic heterocycles. The Morgan fingerprint density at radius 2 is 1.96 bits per heavy atom. The summed E-state index contributed by atoms with van der Waals surface area (Å²) in [6.45, 7) is 4.34. The average molecular weight is 335 g/mol. The molecule has 2 N–H and O–H groups in total. The van der Waals surface area contributed by atoms with Gasteiger partial charge in [-0.3, -0.25) is 9.69 Å². The number of rotatable bonds is 4. The van der Waals surface area contributed by atoms with Crippen LogP contribution in [-0.4, -0.2) is 56.2 Å². The Balaban J connectivity index is 1.53. The lowest BCUT2D eigenvalue weighted by molar-refractivity contribution is 0.0890. The number of hydrogen-bond donors (Lipinski definition) is 2. The number of halogens is 1. The van der Waals surface area contributed by atoms with Crippen molar-refractivity contribution in [2.45, 2.75) is 37.8 Å². The molecule has 3 rings (SSSR count). The molecule has 0 bridgehead atoms.